The van der Waals surface area contributed by atoms with E-state index in [2.05, 4.69) is 20.8 Å². The maximum Gasteiger partial charge on any atom is 0.155 e. The second-order valence-corrected chi connectivity index (χ2v) is 9.56. The average Bonchev–Trinajstić information content (AvgIpc) is 2.86. The molecule has 0 spiro atoms. The number of carbonyl (C=O) groups excluding carboxylic acids is 1. The molecule has 3 saturated carbocycles. The molecule has 0 heterocycles. The van der Waals surface area contributed by atoms with E-state index in [4.69, 9.17) is 0 Å². The van der Waals surface area contributed by atoms with Gasteiger partial charge in [0.25, 0.3) is 0 Å². The van der Waals surface area contributed by atoms with Crippen LogP contribution in [0.3, 0.4) is 0 Å². The van der Waals surface area contributed by atoms with E-state index in [0.717, 1.165) is 25.7 Å². The van der Waals surface area contributed by atoms with E-state index < -0.39 is 0 Å². The summed E-state index contributed by atoms with van der Waals surface area (Å²) >= 11 is 0. The van der Waals surface area contributed by atoms with Crippen molar-refractivity contribution in [2.24, 2.45) is 34.5 Å². The van der Waals surface area contributed by atoms with Crippen LogP contribution in [0.1, 0.15) is 59.3 Å². The highest BCUT2D eigenvalue weighted by Crippen LogP contribution is 2.67. The molecule has 25 heavy (non-hydrogen) atoms. The van der Waals surface area contributed by atoms with Gasteiger partial charge in [-0.15, -0.1) is 0 Å². The number of rotatable bonds is 1. The van der Waals surface area contributed by atoms with Crippen molar-refractivity contribution in [3.05, 3.63) is 23.3 Å². The summed E-state index contributed by atoms with van der Waals surface area (Å²) in [5.41, 5.74) is 2.66. The predicted molar refractivity (Wildman–Crippen MR) is 97.8 cm³/mol. The number of fused-ring (bicyclic) bond motifs is 5. The van der Waals surface area contributed by atoms with Crippen molar-refractivity contribution in [1.29, 1.82) is 0 Å². The third kappa shape index (κ3) is 2.35. The van der Waals surface area contributed by atoms with Crippen molar-refractivity contribution in [3.63, 3.8) is 0 Å². The van der Waals surface area contributed by atoms with E-state index in [9.17, 15) is 15.0 Å². The molecule has 0 aromatic heterocycles. The zero-order valence-electron chi connectivity index (χ0n) is 15.8. The van der Waals surface area contributed by atoms with Gasteiger partial charge in [-0.25, -0.2) is 0 Å². The first-order chi connectivity index (χ1) is 11.8. The highest BCUT2D eigenvalue weighted by Gasteiger charge is 2.61. The van der Waals surface area contributed by atoms with E-state index in [1.54, 1.807) is 0 Å². The maximum absolute atomic E-state index is 12.0. The van der Waals surface area contributed by atoms with Crippen LogP contribution < -0.4 is 0 Å². The normalized spacial score (nSPS) is 50.9. The van der Waals surface area contributed by atoms with Gasteiger partial charge in [-0.2, -0.15) is 0 Å². The highest BCUT2D eigenvalue weighted by molar-refractivity contribution is 5.91. The van der Waals surface area contributed by atoms with Gasteiger partial charge in [0.05, 0.1) is 12.7 Å². The van der Waals surface area contributed by atoms with E-state index in [0.29, 0.717) is 24.2 Å². The average molecular weight is 344 g/mol. The number of allylic oxidation sites excluding steroid dienone is 2. The first kappa shape index (κ1) is 17.5. The summed E-state index contributed by atoms with van der Waals surface area (Å²) < 4.78 is 0. The number of ketones is 1. The van der Waals surface area contributed by atoms with Crippen molar-refractivity contribution in [1.82, 2.24) is 0 Å². The minimum Gasteiger partial charge on any atom is -0.393 e. The molecule has 0 aromatic carbocycles. The molecule has 4 aliphatic rings. The van der Waals surface area contributed by atoms with E-state index in [-0.39, 0.29) is 35.2 Å². The minimum atomic E-state index is -0.319. The molecule has 0 aromatic rings. The van der Waals surface area contributed by atoms with Crippen molar-refractivity contribution < 1.29 is 15.0 Å². The smallest absolute Gasteiger partial charge is 0.155 e. The third-order valence-corrected chi connectivity index (χ3v) is 8.40. The summed E-state index contributed by atoms with van der Waals surface area (Å²) in [6, 6.07) is 0. The zero-order valence-corrected chi connectivity index (χ0v) is 15.8. The largest absolute Gasteiger partial charge is 0.393 e. The molecule has 0 radical (unpaired) electrons. The summed E-state index contributed by atoms with van der Waals surface area (Å²) in [7, 11) is 0. The van der Waals surface area contributed by atoms with Crippen LogP contribution >= 0.6 is 0 Å². The van der Waals surface area contributed by atoms with Crippen LogP contribution in [0.25, 0.3) is 0 Å². The van der Waals surface area contributed by atoms with Crippen LogP contribution in [0.15, 0.2) is 23.3 Å². The Labute approximate surface area is 151 Å². The molecule has 7 atom stereocenters. The van der Waals surface area contributed by atoms with Gasteiger partial charge in [0.2, 0.25) is 0 Å². The van der Waals surface area contributed by atoms with Crippen molar-refractivity contribution in [3.8, 4) is 0 Å². The van der Waals surface area contributed by atoms with Crippen molar-refractivity contribution in [2.75, 3.05) is 6.61 Å². The van der Waals surface area contributed by atoms with Crippen LogP contribution in [0.4, 0.5) is 0 Å². The van der Waals surface area contributed by atoms with Gasteiger partial charge in [-0.1, -0.05) is 38.0 Å². The number of aliphatic hydroxyl groups is 2. The first-order valence-corrected chi connectivity index (χ1v) is 10.0. The van der Waals surface area contributed by atoms with Crippen LogP contribution in [-0.2, 0) is 4.79 Å². The second kappa shape index (κ2) is 5.79. The van der Waals surface area contributed by atoms with Gasteiger partial charge in [-0.05, 0) is 72.7 Å². The molecule has 138 valence electrons. The van der Waals surface area contributed by atoms with E-state index >= 15 is 0 Å². The monoisotopic (exact) mass is 344 g/mol. The Morgan fingerprint density at radius 3 is 2.76 bits per heavy atom. The number of carbonyl (C=O) groups is 1. The number of aliphatic hydroxyl groups excluding tert-OH is 2. The van der Waals surface area contributed by atoms with Gasteiger partial charge in [0.1, 0.15) is 0 Å². The molecule has 3 nitrogen and oxygen atoms in total. The molecule has 4 rings (SSSR count). The predicted octanol–water partition coefficient (Wildman–Crippen LogP) is 3.65. The standard InChI is InChI=1S/C22H32O3/c1-13-10-16-17-5-4-14(7-9-23)22(17,3)12-19(25)20(16)21(2)8-6-15(24)11-18(13)21/h7,11,13,16-17,19-20,23,25H,4-6,8-10,12H2,1-3H3/b14-7-. The molecule has 3 heteroatoms. The molecule has 7 unspecified atom stereocenters. The van der Waals surface area contributed by atoms with Crippen LogP contribution in [-0.4, -0.2) is 28.7 Å². The quantitative estimate of drug-likeness (QED) is 0.714. The summed E-state index contributed by atoms with van der Waals surface area (Å²) in [6.45, 7) is 7.00. The molecular formula is C22H32O3. The Balaban J connectivity index is 1.76. The van der Waals surface area contributed by atoms with Gasteiger partial charge in [-0.3, -0.25) is 4.79 Å². The first-order valence-electron chi connectivity index (χ1n) is 10.0. The Hall–Kier alpha value is -0.930. The molecule has 4 aliphatic carbocycles. The topological polar surface area (TPSA) is 57.5 Å². The van der Waals surface area contributed by atoms with Crippen molar-refractivity contribution in [2.45, 2.75) is 65.4 Å². The fourth-order valence-electron chi connectivity index (χ4n) is 7.41. The lowest BCUT2D eigenvalue weighted by Gasteiger charge is -2.60. The number of hydrogen-bond donors (Lipinski definition) is 2. The summed E-state index contributed by atoms with van der Waals surface area (Å²) in [4.78, 5) is 12.0. The summed E-state index contributed by atoms with van der Waals surface area (Å²) in [5.74, 6) is 2.08. The lowest BCUT2D eigenvalue weighted by Crippen LogP contribution is -2.57. The molecular weight excluding hydrogens is 312 g/mol. The molecule has 0 bridgehead atoms. The fourth-order valence-corrected chi connectivity index (χ4v) is 7.41. The van der Waals surface area contributed by atoms with Crippen LogP contribution in [0.5, 0.6) is 0 Å². The highest BCUT2D eigenvalue weighted by atomic mass is 16.3. The second-order valence-electron chi connectivity index (χ2n) is 9.56. The third-order valence-electron chi connectivity index (χ3n) is 8.40. The van der Waals surface area contributed by atoms with Crippen LogP contribution in [0.2, 0.25) is 0 Å². The Morgan fingerprint density at radius 1 is 1.28 bits per heavy atom. The van der Waals surface area contributed by atoms with E-state index in [1.165, 1.54) is 17.6 Å². The van der Waals surface area contributed by atoms with Gasteiger partial charge < -0.3 is 10.2 Å². The van der Waals surface area contributed by atoms with Gasteiger partial charge >= 0.3 is 0 Å². The fraction of sp³-hybridized carbons (Fsp3) is 0.773. The SMILES string of the molecule is CC1CC2C(C(O)CC3(C)/C(=C\CO)CCC23)C2(C)CCC(=O)C=C12. The van der Waals surface area contributed by atoms with E-state index in [1.807, 2.05) is 12.2 Å². The Morgan fingerprint density at radius 2 is 2.04 bits per heavy atom. The Bertz CT molecular complexity index is 648. The van der Waals surface area contributed by atoms with Gasteiger partial charge in [0, 0.05) is 6.42 Å². The summed E-state index contributed by atoms with van der Waals surface area (Å²) in [5, 5.41) is 20.7. The molecule has 0 saturated heterocycles. The summed E-state index contributed by atoms with van der Waals surface area (Å²) in [6.07, 6.45) is 9.23. The molecule has 3 fully saturated rings. The lowest BCUT2D eigenvalue weighted by molar-refractivity contribution is -0.128. The number of hydrogen-bond acceptors (Lipinski definition) is 3. The molecule has 2 N–H and O–H groups in total. The van der Waals surface area contributed by atoms with Gasteiger partial charge in [0.15, 0.2) is 5.78 Å². The molecule has 0 aliphatic heterocycles. The zero-order chi connectivity index (χ0) is 18.0. The lowest BCUT2D eigenvalue weighted by atomic mass is 9.45. The maximum atomic E-state index is 12.0. The Kier molecular flexibility index (Phi) is 4.05. The van der Waals surface area contributed by atoms with Crippen molar-refractivity contribution >= 4 is 5.78 Å². The van der Waals surface area contributed by atoms with Crippen LogP contribution in [0, 0.1) is 34.5 Å². The minimum absolute atomic E-state index is 0.0273. The molecule has 0 amide bonds.